The van der Waals surface area contributed by atoms with Crippen LogP contribution in [0.15, 0.2) is 0 Å². The van der Waals surface area contributed by atoms with E-state index in [4.69, 9.17) is 4.74 Å². The van der Waals surface area contributed by atoms with Gasteiger partial charge >= 0.3 is 0 Å². The third kappa shape index (κ3) is 9.43. The number of hydrogen-bond donors (Lipinski definition) is 0. The van der Waals surface area contributed by atoms with Crippen molar-refractivity contribution in [3.05, 3.63) is 0 Å². The second-order valence-electron chi connectivity index (χ2n) is 3.28. The minimum absolute atomic E-state index is 0.0961. The molecule has 0 saturated heterocycles. The molecule has 0 fully saturated rings. The molecule has 0 amide bonds. The fourth-order valence-corrected chi connectivity index (χ4v) is 0.569. The standard InChI is InChI=1S/C8H16O3/c1-8(2,3)11-6-4-5-10-7-9/h7H,4-6H2,1-3H3. The number of rotatable bonds is 5. The minimum atomic E-state index is -0.0961. The summed E-state index contributed by atoms with van der Waals surface area (Å²) < 4.78 is 9.87. The fraction of sp³-hybridized carbons (Fsp3) is 0.875. The van der Waals surface area contributed by atoms with Crippen molar-refractivity contribution < 1.29 is 14.3 Å². The molecule has 0 aromatic rings. The summed E-state index contributed by atoms with van der Waals surface area (Å²) in [5.41, 5.74) is -0.0961. The van der Waals surface area contributed by atoms with Crippen molar-refractivity contribution in [3.8, 4) is 0 Å². The summed E-state index contributed by atoms with van der Waals surface area (Å²) in [6.07, 6.45) is 0.760. The lowest BCUT2D eigenvalue weighted by atomic mass is 10.2. The molecule has 66 valence electrons. The topological polar surface area (TPSA) is 35.5 Å². The Morgan fingerprint density at radius 3 is 2.36 bits per heavy atom. The van der Waals surface area contributed by atoms with E-state index in [1.807, 2.05) is 20.8 Å². The molecule has 0 spiro atoms. The lowest BCUT2D eigenvalue weighted by molar-refractivity contribution is -0.129. The first kappa shape index (κ1) is 10.4. The van der Waals surface area contributed by atoms with Crippen molar-refractivity contribution in [2.45, 2.75) is 32.8 Å². The highest BCUT2D eigenvalue weighted by Crippen LogP contribution is 2.06. The molecule has 0 atom stereocenters. The maximum absolute atomic E-state index is 9.70. The second kappa shape index (κ2) is 5.13. The van der Waals surface area contributed by atoms with Crippen molar-refractivity contribution >= 4 is 6.47 Å². The molecule has 0 bridgehead atoms. The SMILES string of the molecule is CC(C)(C)OCCCOC=O. The minimum Gasteiger partial charge on any atom is -0.468 e. The largest absolute Gasteiger partial charge is 0.468 e. The quantitative estimate of drug-likeness (QED) is 0.450. The van der Waals surface area contributed by atoms with Crippen LogP contribution >= 0.6 is 0 Å². The molecule has 0 aliphatic carbocycles. The lowest BCUT2D eigenvalue weighted by Crippen LogP contribution is -2.20. The highest BCUT2D eigenvalue weighted by Gasteiger charge is 2.08. The van der Waals surface area contributed by atoms with Gasteiger partial charge in [0.05, 0.1) is 18.8 Å². The van der Waals surface area contributed by atoms with Gasteiger partial charge in [-0.3, -0.25) is 4.79 Å². The number of carbonyl (C=O) groups excluding carboxylic acids is 1. The zero-order chi connectivity index (χ0) is 8.74. The van der Waals surface area contributed by atoms with Gasteiger partial charge in [0.25, 0.3) is 6.47 Å². The Hall–Kier alpha value is -0.570. The third-order valence-corrected chi connectivity index (χ3v) is 1.01. The molecule has 0 aromatic heterocycles. The zero-order valence-corrected chi connectivity index (χ0v) is 7.42. The van der Waals surface area contributed by atoms with E-state index in [0.29, 0.717) is 19.7 Å². The van der Waals surface area contributed by atoms with E-state index in [1.165, 1.54) is 0 Å². The van der Waals surface area contributed by atoms with Crippen LogP contribution in [0.4, 0.5) is 0 Å². The van der Waals surface area contributed by atoms with Crippen LogP contribution in [0.2, 0.25) is 0 Å². The molecule has 3 heteroatoms. The van der Waals surface area contributed by atoms with Gasteiger partial charge in [0, 0.05) is 6.42 Å². The molecular formula is C8H16O3. The molecule has 0 heterocycles. The van der Waals surface area contributed by atoms with E-state index in [9.17, 15) is 4.79 Å². The first-order valence-electron chi connectivity index (χ1n) is 3.75. The summed E-state index contributed by atoms with van der Waals surface area (Å²) in [5, 5.41) is 0. The van der Waals surface area contributed by atoms with Crippen LogP contribution in [0, 0.1) is 0 Å². The molecular weight excluding hydrogens is 144 g/mol. The van der Waals surface area contributed by atoms with Gasteiger partial charge in [-0.2, -0.15) is 0 Å². The third-order valence-electron chi connectivity index (χ3n) is 1.01. The van der Waals surface area contributed by atoms with Crippen molar-refractivity contribution in [2.75, 3.05) is 13.2 Å². The van der Waals surface area contributed by atoms with E-state index in [0.717, 1.165) is 6.42 Å². The first-order chi connectivity index (χ1) is 5.06. The summed E-state index contributed by atoms with van der Waals surface area (Å²) in [4.78, 5) is 9.70. The van der Waals surface area contributed by atoms with Gasteiger partial charge in [-0.1, -0.05) is 0 Å². The van der Waals surface area contributed by atoms with Crippen molar-refractivity contribution in [1.29, 1.82) is 0 Å². The van der Waals surface area contributed by atoms with Gasteiger partial charge in [0.1, 0.15) is 0 Å². The normalized spacial score (nSPS) is 11.2. The number of carbonyl (C=O) groups is 1. The van der Waals surface area contributed by atoms with Crippen molar-refractivity contribution in [1.82, 2.24) is 0 Å². The molecule has 0 saturated carbocycles. The van der Waals surface area contributed by atoms with E-state index >= 15 is 0 Å². The summed E-state index contributed by atoms with van der Waals surface area (Å²) in [6.45, 7) is 7.52. The maximum Gasteiger partial charge on any atom is 0.293 e. The molecule has 0 aromatic carbocycles. The molecule has 11 heavy (non-hydrogen) atoms. The number of hydrogen-bond acceptors (Lipinski definition) is 3. The highest BCUT2D eigenvalue weighted by atomic mass is 16.5. The molecule has 0 aliphatic heterocycles. The van der Waals surface area contributed by atoms with Gasteiger partial charge in [-0.25, -0.2) is 0 Å². The Morgan fingerprint density at radius 1 is 1.27 bits per heavy atom. The summed E-state index contributed by atoms with van der Waals surface area (Å²) in [7, 11) is 0. The summed E-state index contributed by atoms with van der Waals surface area (Å²) in [6, 6.07) is 0. The van der Waals surface area contributed by atoms with Gasteiger partial charge in [0.15, 0.2) is 0 Å². The van der Waals surface area contributed by atoms with Crippen LogP contribution in [-0.2, 0) is 14.3 Å². The lowest BCUT2D eigenvalue weighted by Gasteiger charge is -2.18. The summed E-state index contributed by atoms with van der Waals surface area (Å²) >= 11 is 0. The van der Waals surface area contributed by atoms with E-state index in [-0.39, 0.29) is 5.60 Å². The van der Waals surface area contributed by atoms with E-state index in [2.05, 4.69) is 4.74 Å². The Balaban J connectivity index is 3.08. The second-order valence-corrected chi connectivity index (χ2v) is 3.28. The van der Waals surface area contributed by atoms with Crippen molar-refractivity contribution in [3.63, 3.8) is 0 Å². The van der Waals surface area contributed by atoms with E-state index in [1.54, 1.807) is 0 Å². The van der Waals surface area contributed by atoms with Crippen LogP contribution in [0.25, 0.3) is 0 Å². The molecule has 3 nitrogen and oxygen atoms in total. The Bertz CT molecular complexity index is 104. The van der Waals surface area contributed by atoms with Crippen LogP contribution in [0.1, 0.15) is 27.2 Å². The van der Waals surface area contributed by atoms with Crippen LogP contribution in [0.5, 0.6) is 0 Å². The van der Waals surface area contributed by atoms with E-state index < -0.39 is 0 Å². The molecule has 0 radical (unpaired) electrons. The van der Waals surface area contributed by atoms with Crippen LogP contribution in [0.3, 0.4) is 0 Å². The predicted molar refractivity (Wildman–Crippen MR) is 42.3 cm³/mol. The molecule has 0 aliphatic rings. The average molecular weight is 160 g/mol. The zero-order valence-electron chi connectivity index (χ0n) is 7.42. The Labute approximate surface area is 67.7 Å². The predicted octanol–water partition coefficient (Wildman–Crippen LogP) is 1.36. The van der Waals surface area contributed by atoms with Crippen LogP contribution < -0.4 is 0 Å². The van der Waals surface area contributed by atoms with Gasteiger partial charge in [-0.15, -0.1) is 0 Å². The number of ether oxygens (including phenoxy) is 2. The molecule has 0 N–H and O–H groups in total. The maximum atomic E-state index is 9.70. The van der Waals surface area contributed by atoms with Gasteiger partial charge in [-0.05, 0) is 20.8 Å². The van der Waals surface area contributed by atoms with Crippen LogP contribution in [-0.4, -0.2) is 25.3 Å². The van der Waals surface area contributed by atoms with Crippen molar-refractivity contribution in [2.24, 2.45) is 0 Å². The fourth-order valence-electron chi connectivity index (χ4n) is 0.569. The molecule has 0 rings (SSSR count). The highest BCUT2D eigenvalue weighted by molar-refractivity contribution is 5.36. The summed E-state index contributed by atoms with van der Waals surface area (Å²) in [5.74, 6) is 0. The van der Waals surface area contributed by atoms with Gasteiger partial charge in [0.2, 0.25) is 0 Å². The molecule has 0 unspecified atom stereocenters. The van der Waals surface area contributed by atoms with Gasteiger partial charge < -0.3 is 9.47 Å². The Morgan fingerprint density at radius 2 is 1.91 bits per heavy atom. The first-order valence-corrected chi connectivity index (χ1v) is 3.75. The smallest absolute Gasteiger partial charge is 0.293 e. The average Bonchev–Trinajstić information content (AvgIpc) is 1.85. The monoisotopic (exact) mass is 160 g/mol. The Kier molecular flexibility index (Phi) is 4.86.